The number of nitrogens with one attached hydrogen (secondary N) is 1. The third-order valence-corrected chi connectivity index (χ3v) is 4.65. The Labute approximate surface area is 117 Å². The van der Waals surface area contributed by atoms with Gasteiger partial charge in [-0.05, 0) is 38.0 Å². The molecule has 3 nitrogen and oxygen atoms in total. The second-order valence-electron chi connectivity index (χ2n) is 6.19. The first-order valence-corrected chi connectivity index (χ1v) is 8.24. The second kappa shape index (κ2) is 7.88. The van der Waals surface area contributed by atoms with Crippen LogP contribution in [-0.2, 0) is 9.53 Å². The molecular weight excluding hydrogens is 238 g/mol. The highest BCUT2D eigenvalue weighted by Crippen LogP contribution is 2.33. The number of ether oxygens (including phenoxy) is 1. The van der Waals surface area contributed by atoms with Gasteiger partial charge in [-0.25, -0.2) is 0 Å². The van der Waals surface area contributed by atoms with Crippen molar-refractivity contribution in [3.8, 4) is 0 Å². The summed E-state index contributed by atoms with van der Waals surface area (Å²) < 4.78 is 5.44. The topological polar surface area (TPSA) is 38.3 Å². The van der Waals surface area contributed by atoms with Crippen LogP contribution in [-0.4, -0.2) is 24.7 Å². The highest BCUT2D eigenvalue weighted by atomic mass is 16.5. The Bertz CT molecular complexity index is 272. The van der Waals surface area contributed by atoms with Crippen LogP contribution in [0.25, 0.3) is 0 Å². The van der Waals surface area contributed by atoms with Gasteiger partial charge < -0.3 is 10.1 Å². The maximum Gasteiger partial charge on any atom is 0.323 e. The summed E-state index contributed by atoms with van der Waals surface area (Å²) in [5.74, 6) is 0.532. The molecule has 3 rings (SSSR count). The van der Waals surface area contributed by atoms with E-state index < -0.39 is 0 Å². The molecule has 2 saturated heterocycles. The number of carbonyl (C=O) groups is 1. The van der Waals surface area contributed by atoms with Gasteiger partial charge in [-0.2, -0.15) is 0 Å². The second-order valence-corrected chi connectivity index (χ2v) is 6.19. The number of esters is 1. The largest absolute Gasteiger partial charge is 0.465 e. The van der Waals surface area contributed by atoms with E-state index in [4.69, 9.17) is 4.74 Å². The van der Waals surface area contributed by atoms with Crippen LogP contribution in [0.2, 0.25) is 0 Å². The highest BCUT2D eigenvalue weighted by molar-refractivity contribution is 5.76. The number of carbonyl (C=O) groups excluding carboxylic acids is 1. The molecule has 2 bridgehead atoms. The molecule has 3 heteroatoms. The SMILES string of the molecule is CCCCCCCCOC(=O)C1NC2CCC1CC2. The Balaban J connectivity index is 1.55. The van der Waals surface area contributed by atoms with E-state index in [1.807, 2.05) is 0 Å². The van der Waals surface area contributed by atoms with Crippen molar-refractivity contribution in [2.24, 2.45) is 5.92 Å². The van der Waals surface area contributed by atoms with Gasteiger partial charge in [0, 0.05) is 6.04 Å². The summed E-state index contributed by atoms with van der Waals surface area (Å²) in [5, 5.41) is 3.45. The van der Waals surface area contributed by atoms with E-state index in [1.165, 1.54) is 57.8 Å². The summed E-state index contributed by atoms with van der Waals surface area (Å²) in [6.45, 7) is 2.84. The number of unbranched alkanes of at least 4 members (excludes halogenated alkanes) is 5. The first-order valence-electron chi connectivity index (χ1n) is 8.24. The number of rotatable bonds is 8. The first kappa shape index (κ1) is 14.8. The molecule has 1 saturated carbocycles. The summed E-state index contributed by atoms with van der Waals surface area (Å²) in [6, 6.07) is 0.559. The Hall–Kier alpha value is -0.570. The Morgan fingerprint density at radius 1 is 1.05 bits per heavy atom. The molecule has 0 aromatic carbocycles. The summed E-state index contributed by atoms with van der Waals surface area (Å²) >= 11 is 0. The lowest BCUT2D eigenvalue weighted by molar-refractivity contribution is -0.150. The van der Waals surface area contributed by atoms with Crippen LogP contribution in [0.15, 0.2) is 0 Å². The van der Waals surface area contributed by atoms with Crippen LogP contribution in [0, 0.1) is 5.92 Å². The average molecular weight is 267 g/mol. The van der Waals surface area contributed by atoms with Crippen molar-refractivity contribution < 1.29 is 9.53 Å². The smallest absolute Gasteiger partial charge is 0.323 e. The number of fused-ring (bicyclic) bond motifs is 3. The third-order valence-electron chi connectivity index (χ3n) is 4.65. The van der Waals surface area contributed by atoms with Crippen LogP contribution < -0.4 is 5.32 Å². The molecule has 1 N–H and O–H groups in total. The van der Waals surface area contributed by atoms with E-state index in [0.717, 1.165) is 6.42 Å². The lowest BCUT2D eigenvalue weighted by Gasteiger charge is -2.42. The van der Waals surface area contributed by atoms with Crippen LogP contribution in [0.1, 0.15) is 71.1 Å². The van der Waals surface area contributed by atoms with Crippen molar-refractivity contribution in [1.29, 1.82) is 0 Å². The van der Waals surface area contributed by atoms with E-state index in [0.29, 0.717) is 18.6 Å². The molecule has 2 heterocycles. The van der Waals surface area contributed by atoms with Crippen LogP contribution in [0.4, 0.5) is 0 Å². The molecule has 0 aromatic rings. The molecule has 0 aromatic heterocycles. The predicted octanol–water partition coefficient (Wildman–Crippen LogP) is 3.42. The summed E-state index contributed by atoms with van der Waals surface area (Å²) in [5.41, 5.74) is 0. The van der Waals surface area contributed by atoms with Crippen molar-refractivity contribution in [2.45, 2.75) is 83.2 Å². The van der Waals surface area contributed by atoms with Crippen molar-refractivity contribution >= 4 is 5.97 Å². The summed E-state index contributed by atoms with van der Waals surface area (Å²) in [4.78, 5) is 12.0. The van der Waals surface area contributed by atoms with Crippen molar-refractivity contribution in [2.75, 3.05) is 6.61 Å². The zero-order valence-corrected chi connectivity index (χ0v) is 12.3. The van der Waals surface area contributed by atoms with Gasteiger partial charge in [-0.3, -0.25) is 4.79 Å². The van der Waals surface area contributed by atoms with Crippen molar-refractivity contribution in [3.05, 3.63) is 0 Å². The Morgan fingerprint density at radius 2 is 1.74 bits per heavy atom. The standard InChI is InChI=1S/C16H29NO2/c1-2-3-4-5-6-7-12-19-16(18)15-13-8-10-14(17-15)11-9-13/h13-15,17H,2-12H2,1H3. The lowest BCUT2D eigenvalue weighted by atomic mass is 9.76. The molecular formula is C16H29NO2. The normalized spacial score (nSPS) is 29.4. The van der Waals surface area contributed by atoms with Gasteiger partial charge in [0.2, 0.25) is 0 Å². The van der Waals surface area contributed by atoms with E-state index >= 15 is 0 Å². The molecule has 0 spiro atoms. The maximum absolute atomic E-state index is 12.0. The van der Waals surface area contributed by atoms with Crippen molar-refractivity contribution in [1.82, 2.24) is 5.32 Å². The number of hydrogen-bond donors (Lipinski definition) is 1. The fourth-order valence-electron chi connectivity index (χ4n) is 3.41. The molecule has 1 unspecified atom stereocenters. The fraction of sp³-hybridized carbons (Fsp3) is 0.938. The monoisotopic (exact) mass is 267 g/mol. The Morgan fingerprint density at radius 3 is 2.37 bits per heavy atom. The quantitative estimate of drug-likeness (QED) is 0.541. The van der Waals surface area contributed by atoms with Gasteiger partial charge >= 0.3 is 5.97 Å². The van der Waals surface area contributed by atoms with Gasteiger partial charge in [-0.1, -0.05) is 39.0 Å². The molecule has 1 atom stereocenters. The van der Waals surface area contributed by atoms with Crippen LogP contribution in [0.5, 0.6) is 0 Å². The number of piperidine rings is 2. The maximum atomic E-state index is 12.0. The van der Waals surface area contributed by atoms with E-state index in [-0.39, 0.29) is 12.0 Å². The third kappa shape index (κ3) is 4.48. The van der Waals surface area contributed by atoms with Gasteiger partial charge in [-0.15, -0.1) is 0 Å². The molecule has 3 aliphatic rings. The minimum Gasteiger partial charge on any atom is -0.465 e. The minimum absolute atomic E-state index is 0.00274. The van der Waals surface area contributed by atoms with E-state index in [9.17, 15) is 4.79 Å². The van der Waals surface area contributed by atoms with Crippen molar-refractivity contribution in [3.63, 3.8) is 0 Å². The first-order chi connectivity index (χ1) is 9.31. The molecule has 2 aliphatic heterocycles. The van der Waals surface area contributed by atoms with E-state index in [1.54, 1.807) is 0 Å². The molecule has 0 radical (unpaired) electrons. The molecule has 110 valence electrons. The highest BCUT2D eigenvalue weighted by Gasteiger charge is 2.39. The molecule has 19 heavy (non-hydrogen) atoms. The fourth-order valence-corrected chi connectivity index (χ4v) is 3.41. The van der Waals surface area contributed by atoms with E-state index in [2.05, 4.69) is 12.2 Å². The van der Waals surface area contributed by atoms with Gasteiger partial charge in [0.05, 0.1) is 6.61 Å². The molecule has 1 aliphatic carbocycles. The van der Waals surface area contributed by atoms with Gasteiger partial charge in [0.1, 0.15) is 6.04 Å². The zero-order valence-electron chi connectivity index (χ0n) is 12.3. The van der Waals surface area contributed by atoms with Crippen LogP contribution >= 0.6 is 0 Å². The van der Waals surface area contributed by atoms with Gasteiger partial charge in [0.15, 0.2) is 0 Å². The molecule has 3 fully saturated rings. The average Bonchev–Trinajstić information content (AvgIpc) is 2.47. The summed E-state index contributed by atoms with van der Waals surface area (Å²) in [7, 11) is 0. The zero-order chi connectivity index (χ0) is 13.5. The summed E-state index contributed by atoms with van der Waals surface area (Å²) in [6.07, 6.45) is 12.3. The number of hydrogen-bond acceptors (Lipinski definition) is 3. The predicted molar refractivity (Wildman–Crippen MR) is 77.0 cm³/mol. The Kier molecular flexibility index (Phi) is 6.15. The minimum atomic E-state index is -0.00686. The van der Waals surface area contributed by atoms with Gasteiger partial charge in [0.25, 0.3) is 0 Å². The van der Waals surface area contributed by atoms with Crippen LogP contribution in [0.3, 0.4) is 0 Å². The molecule has 0 amide bonds. The lowest BCUT2D eigenvalue weighted by Crippen LogP contribution is -2.56.